The van der Waals surface area contributed by atoms with Crippen LogP contribution in [-0.2, 0) is 0 Å². The predicted molar refractivity (Wildman–Crippen MR) is 104 cm³/mol. The molecule has 0 saturated carbocycles. The highest BCUT2D eigenvalue weighted by molar-refractivity contribution is 5.80. The van der Waals surface area contributed by atoms with Crippen LogP contribution in [0, 0.1) is 11.8 Å². The van der Waals surface area contributed by atoms with Crippen molar-refractivity contribution >= 4 is 5.96 Å². The summed E-state index contributed by atoms with van der Waals surface area (Å²) in [5.74, 6) is 2.78. The summed E-state index contributed by atoms with van der Waals surface area (Å²) in [6, 6.07) is 0. The van der Waals surface area contributed by atoms with Crippen LogP contribution in [0.3, 0.4) is 0 Å². The molecular formula is C19H39N5. The van der Waals surface area contributed by atoms with Crippen LogP contribution >= 0.6 is 0 Å². The van der Waals surface area contributed by atoms with E-state index >= 15 is 0 Å². The highest BCUT2D eigenvalue weighted by Gasteiger charge is 2.25. The van der Waals surface area contributed by atoms with Gasteiger partial charge < -0.3 is 15.1 Å². The Bertz CT molecular complexity index is 374. The average molecular weight is 338 g/mol. The van der Waals surface area contributed by atoms with Crippen LogP contribution in [0.5, 0.6) is 0 Å². The van der Waals surface area contributed by atoms with Gasteiger partial charge in [-0.3, -0.25) is 9.89 Å². The Hall–Kier alpha value is -0.810. The number of hydrogen-bond donors (Lipinski definition) is 1. The molecule has 0 spiro atoms. The van der Waals surface area contributed by atoms with Crippen molar-refractivity contribution in [3.8, 4) is 0 Å². The Morgan fingerprint density at radius 3 is 2.42 bits per heavy atom. The lowest BCUT2D eigenvalue weighted by Gasteiger charge is -2.33. The second-order valence-corrected chi connectivity index (χ2v) is 7.74. The van der Waals surface area contributed by atoms with Crippen LogP contribution in [0.1, 0.15) is 40.5 Å². The molecule has 0 aromatic heterocycles. The third-order valence-electron chi connectivity index (χ3n) is 5.31. The molecule has 1 unspecified atom stereocenters. The molecule has 2 saturated heterocycles. The quantitative estimate of drug-likeness (QED) is 0.569. The van der Waals surface area contributed by atoms with Crippen LogP contribution in [-0.4, -0.2) is 86.1 Å². The van der Waals surface area contributed by atoms with Crippen molar-refractivity contribution in [3.63, 3.8) is 0 Å². The fraction of sp³-hybridized carbons (Fsp3) is 0.947. The maximum absolute atomic E-state index is 4.92. The lowest BCUT2D eigenvalue weighted by Crippen LogP contribution is -2.47. The molecule has 1 atom stereocenters. The predicted octanol–water partition coefficient (Wildman–Crippen LogP) is 1.96. The second kappa shape index (κ2) is 10.2. The van der Waals surface area contributed by atoms with Gasteiger partial charge in [0.25, 0.3) is 0 Å². The zero-order valence-corrected chi connectivity index (χ0v) is 16.4. The molecule has 0 aromatic rings. The van der Waals surface area contributed by atoms with E-state index in [-0.39, 0.29) is 0 Å². The van der Waals surface area contributed by atoms with Crippen LogP contribution < -0.4 is 5.32 Å². The molecule has 5 heteroatoms. The number of nitrogens with zero attached hydrogens (tertiary/aromatic N) is 4. The summed E-state index contributed by atoms with van der Waals surface area (Å²) >= 11 is 0. The minimum atomic E-state index is 0.802. The molecule has 140 valence electrons. The lowest BCUT2D eigenvalue weighted by atomic mass is 9.97. The number of hydrogen-bond acceptors (Lipinski definition) is 3. The largest absolute Gasteiger partial charge is 0.357 e. The highest BCUT2D eigenvalue weighted by atomic mass is 15.3. The Kier molecular flexibility index (Phi) is 8.33. The van der Waals surface area contributed by atoms with Crippen molar-refractivity contribution in [2.24, 2.45) is 16.8 Å². The van der Waals surface area contributed by atoms with Crippen molar-refractivity contribution in [2.75, 3.05) is 65.4 Å². The fourth-order valence-corrected chi connectivity index (χ4v) is 3.94. The fourth-order valence-electron chi connectivity index (χ4n) is 3.94. The molecule has 0 bridgehead atoms. The van der Waals surface area contributed by atoms with Gasteiger partial charge in [-0.1, -0.05) is 20.8 Å². The maximum Gasteiger partial charge on any atom is 0.193 e. The first-order valence-electron chi connectivity index (χ1n) is 10.1. The first-order chi connectivity index (χ1) is 11.6. The van der Waals surface area contributed by atoms with Gasteiger partial charge in [0.05, 0.1) is 6.54 Å². The van der Waals surface area contributed by atoms with Crippen LogP contribution in [0.4, 0.5) is 0 Å². The van der Waals surface area contributed by atoms with Crippen molar-refractivity contribution in [1.29, 1.82) is 0 Å². The van der Waals surface area contributed by atoms with Gasteiger partial charge >= 0.3 is 0 Å². The van der Waals surface area contributed by atoms with Crippen LogP contribution in [0.2, 0.25) is 0 Å². The maximum atomic E-state index is 4.92. The van der Waals surface area contributed by atoms with E-state index in [9.17, 15) is 0 Å². The molecule has 24 heavy (non-hydrogen) atoms. The van der Waals surface area contributed by atoms with Gasteiger partial charge in [0.2, 0.25) is 0 Å². The van der Waals surface area contributed by atoms with Gasteiger partial charge in [0, 0.05) is 52.4 Å². The zero-order chi connectivity index (χ0) is 17.4. The van der Waals surface area contributed by atoms with E-state index in [1.54, 1.807) is 0 Å². The molecule has 1 N–H and O–H groups in total. The molecular weight excluding hydrogens is 298 g/mol. The molecule has 2 aliphatic rings. The Labute approximate surface area is 149 Å². The van der Waals surface area contributed by atoms with Crippen LogP contribution in [0.15, 0.2) is 4.99 Å². The van der Waals surface area contributed by atoms with Crippen LogP contribution in [0.25, 0.3) is 0 Å². The number of aliphatic imine (C=N–C) groups is 1. The van der Waals surface area contributed by atoms with E-state index in [1.165, 1.54) is 58.7 Å². The number of likely N-dealkylation sites (tertiary alicyclic amines) is 1. The smallest absolute Gasteiger partial charge is 0.193 e. The number of likely N-dealkylation sites (N-methyl/N-ethyl adjacent to an activating group) is 1. The van der Waals surface area contributed by atoms with Crippen molar-refractivity contribution in [1.82, 2.24) is 20.0 Å². The molecule has 2 heterocycles. The minimum absolute atomic E-state index is 0.802. The van der Waals surface area contributed by atoms with Crippen molar-refractivity contribution in [3.05, 3.63) is 0 Å². The van der Waals surface area contributed by atoms with E-state index in [0.717, 1.165) is 37.4 Å². The van der Waals surface area contributed by atoms with E-state index in [2.05, 4.69) is 47.7 Å². The Balaban J connectivity index is 1.77. The third-order valence-corrected chi connectivity index (χ3v) is 5.31. The molecule has 0 aliphatic carbocycles. The molecule has 2 rings (SSSR count). The molecule has 0 radical (unpaired) electrons. The normalized spacial score (nSPS) is 24.1. The first-order valence-corrected chi connectivity index (χ1v) is 10.1. The topological polar surface area (TPSA) is 34.1 Å². The zero-order valence-electron chi connectivity index (χ0n) is 16.4. The summed E-state index contributed by atoms with van der Waals surface area (Å²) in [6.45, 7) is 20.4. The van der Waals surface area contributed by atoms with Crippen molar-refractivity contribution < 1.29 is 0 Å². The monoisotopic (exact) mass is 337 g/mol. The molecule has 2 aliphatic heterocycles. The third kappa shape index (κ3) is 6.25. The average Bonchev–Trinajstić information content (AvgIpc) is 3.02. The van der Waals surface area contributed by atoms with Gasteiger partial charge in [-0.15, -0.1) is 0 Å². The van der Waals surface area contributed by atoms with E-state index in [0.29, 0.717) is 0 Å². The first kappa shape index (κ1) is 19.5. The second-order valence-electron chi connectivity index (χ2n) is 7.74. The summed E-state index contributed by atoms with van der Waals surface area (Å²) < 4.78 is 0. The molecule has 2 fully saturated rings. The Morgan fingerprint density at radius 2 is 1.79 bits per heavy atom. The summed E-state index contributed by atoms with van der Waals surface area (Å²) in [6.07, 6.45) is 2.67. The van der Waals surface area contributed by atoms with Gasteiger partial charge in [-0.25, -0.2) is 0 Å². The highest BCUT2D eigenvalue weighted by Crippen LogP contribution is 2.23. The van der Waals surface area contributed by atoms with E-state index in [4.69, 9.17) is 4.99 Å². The molecule has 0 amide bonds. The molecule has 0 aromatic carbocycles. The summed E-state index contributed by atoms with van der Waals surface area (Å²) in [4.78, 5) is 12.5. The lowest BCUT2D eigenvalue weighted by molar-refractivity contribution is 0.140. The summed E-state index contributed by atoms with van der Waals surface area (Å²) in [5, 5.41) is 3.50. The van der Waals surface area contributed by atoms with E-state index in [1.807, 2.05) is 0 Å². The Morgan fingerprint density at radius 1 is 1.08 bits per heavy atom. The van der Waals surface area contributed by atoms with Gasteiger partial charge in [0.15, 0.2) is 5.96 Å². The van der Waals surface area contributed by atoms with Crippen molar-refractivity contribution in [2.45, 2.75) is 40.5 Å². The minimum Gasteiger partial charge on any atom is -0.357 e. The van der Waals surface area contributed by atoms with Gasteiger partial charge in [-0.2, -0.15) is 0 Å². The molecule has 5 nitrogen and oxygen atoms in total. The van der Waals surface area contributed by atoms with Gasteiger partial charge in [0.1, 0.15) is 0 Å². The summed E-state index contributed by atoms with van der Waals surface area (Å²) in [7, 11) is 0. The van der Waals surface area contributed by atoms with E-state index < -0.39 is 0 Å². The number of rotatable bonds is 7. The number of piperazine rings is 1. The summed E-state index contributed by atoms with van der Waals surface area (Å²) in [5.41, 5.74) is 0. The SMILES string of the molecule is CCNC(=NCCN1CCN(CC)CC1)N1CCC(CC(C)C)C1. The number of guanidine groups is 1. The standard InChI is InChI=1S/C19H39N5/c1-5-20-19(24-9-7-18(16-24)15-17(3)4)21-8-10-23-13-11-22(6-2)12-14-23/h17-18H,5-16H2,1-4H3,(H,20,21). The van der Waals surface area contributed by atoms with Gasteiger partial charge in [-0.05, 0) is 38.1 Å². The number of nitrogens with one attached hydrogen (secondary N) is 1.